The van der Waals surface area contributed by atoms with Crippen LogP contribution >= 0.6 is 0 Å². The highest BCUT2D eigenvalue weighted by molar-refractivity contribution is 5.73. The summed E-state index contributed by atoms with van der Waals surface area (Å²) in [5.41, 5.74) is 6.33. The molecule has 140 valence electrons. The van der Waals surface area contributed by atoms with Gasteiger partial charge in [-0.3, -0.25) is 4.98 Å². The molecule has 12 heteroatoms. The number of halogens is 3. The number of methoxy groups -OCH3 is 1. The number of aromatic amines is 1. The first-order valence-electron chi connectivity index (χ1n) is 7.12. The lowest BCUT2D eigenvalue weighted by atomic mass is 10.2. The molecule has 2 aliphatic rings. The maximum atomic E-state index is 10.6. The zero-order chi connectivity index (χ0) is 19.2. The number of hydrogen-bond donors (Lipinski definition) is 3. The highest BCUT2D eigenvalue weighted by Gasteiger charge is 2.38. The van der Waals surface area contributed by atoms with Crippen LogP contribution < -0.4 is 15.2 Å². The van der Waals surface area contributed by atoms with E-state index in [1.54, 1.807) is 0 Å². The van der Waals surface area contributed by atoms with Crippen molar-refractivity contribution in [3.05, 3.63) is 0 Å². The van der Waals surface area contributed by atoms with Gasteiger partial charge in [-0.2, -0.15) is 28.1 Å². The van der Waals surface area contributed by atoms with Crippen molar-refractivity contribution in [1.82, 2.24) is 19.9 Å². The molecule has 4 N–H and O–H groups in total. The number of ether oxygens (including phenoxy) is 2. The number of carbonyl (C=O) groups is 1. The Kier molecular flexibility index (Phi) is 6.77. The topological polar surface area (TPSA) is 136 Å². The number of imidazole rings is 1. The van der Waals surface area contributed by atoms with Gasteiger partial charge in [0.1, 0.15) is 5.82 Å². The molecule has 9 nitrogen and oxygen atoms in total. The molecule has 0 fully saturated rings. The standard InChI is InChI=1S/C11H17N5O2.C2HF3O2/c1-4-5-6(2)18-11-14-8(12)7-9(16-11)15-10(13-7)17-3;3-2(4,5)1(6)7/h6H,4-5H2,1-3H3,(H3,12,13,14,15,16);(H,6,7). The second-order valence-corrected chi connectivity index (χ2v) is 4.86. The number of aliphatic carboxylic acids is 1. The minimum Gasteiger partial charge on any atom is -0.475 e. The largest absolute Gasteiger partial charge is 0.490 e. The van der Waals surface area contributed by atoms with E-state index in [0.717, 1.165) is 12.8 Å². The Morgan fingerprint density at radius 1 is 1.36 bits per heavy atom. The van der Waals surface area contributed by atoms with Crippen LogP contribution in [0.1, 0.15) is 26.7 Å². The number of rotatable bonds is 5. The zero-order valence-electron chi connectivity index (χ0n) is 13.7. The first kappa shape index (κ1) is 20.3. The Hall–Kier alpha value is -2.79. The Labute approximate surface area is 140 Å². The number of alkyl halides is 3. The van der Waals surface area contributed by atoms with Crippen LogP contribution in [-0.2, 0) is 4.79 Å². The number of anilines is 1. The molecule has 0 bridgehead atoms. The molecule has 1 atom stereocenters. The second kappa shape index (κ2) is 8.35. The van der Waals surface area contributed by atoms with Crippen LogP contribution in [0.15, 0.2) is 0 Å². The van der Waals surface area contributed by atoms with E-state index >= 15 is 0 Å². The fraction of sp³-hybridized carbons (Fsp3) is 0.538. The average molecular weight is 365 g/mol. The third-order valence-corrected chi connectivity index (χ3v) is 2.76. The highest BCUT2D eigenvalue weighted by atomic mass is 19.4. The summed E-state index contributed by atoms with van der Waals surface area (Å²) in [4.78, 5) is 24.1. The summed E-state index contributed by atoms with van der Waals surface area (Å²) < 4.78 is 42.3. The van der Waals surface area contributed by atoms with Crippen molar-refractivity contribution in [1.29, 1.82) is 0 Å². The maximum absolute atomic E-state index is 10.6. The summed E-state index contributed by atoms with van der Waals surface area (Å²) >= 11 is 0. The number of nitrogens with zero attached hydrogens (tertiary/aromatic N) is 3. The lowest BCUT2D eigenvalue weighted by Gasteiger charge is -2.13. The van der Waals surface area contributed by atoms with Crippen LogP contribution in [0, 0.1) is 0 Å². The molecule has 0 aromatic heterocycles. The SMILES string of the molecule is CCCC(C)Oc1nc2nc(OC)nc-2c(N)[nH]1.O=C(O)C(F)(F)F. The molecule has 0 aromatic rings. The van der Waals surface area contributed by atoms with Crippen molar-refractivity contribution in [2.75, 3.05) is 12.8 Å². The van der Waals surface area contributed by atoms with Crippen LogP contribution in [0.4, 0.5) is 19.0 Å². The minimum absolute atomic E-state index is 0.0698. The molecule has 0 aliphatic carbocycles. The maximum Gasteiger partial charge on any atom is 0.490 e. The van der Waals surface area contributed by atoms with E-state index in [4.69, 9.17) is 25.1 Å². The lowest BCUT2D eigenvalue weighted by Crippen LogP contribution is -2.21. The smallest absolute Gasteiger partial charge is 0.475 e. The summed E-state index contributed by atoms with van der Waals surface area (Å²) in [6.07, 6.45) is -3.02. The van der Waals surface area contributed by atoms with Crippen molar-refractivity contribution < 1.29 is 32.5 Å². The predicted octanol–water partition coefficient (Wildman–Crippen LogP) is 2.10. The third-order valence-electron chi connectivity index (χ3n) is 2.76. The van der Waals surface area contributed by atoms with E-state index in [1.807, 2.05) is 6.92 Å². The first-order chi connectivity index (χ1) is 11.6. The highest BCUT2D eigenvalue weighted by Crippen LogP contribution is 2.27. The Bertz CT molecular complexity index is 676. The number of nitrogen functional groups attached to an aromatic ring is 1. The van der Waals surface area contributed by atoms with Gasteiger partial charge in [-0.25, -0.2) is 4.79 Å². The molecule has 2 rings (SSSR count). The molecular weight excluding hydrogens is 347 g/mol. The van der Waals surface area contributed by atoms with Gasteiger partial charge in [0.05, 0.1) is 13.2 Å². The van der Waals surface area contributed by atoms with Crippen LogP contribution in [-0.4, -0.2) is 50.4 Å². The van der Waals surface area contributed by atoms with E-state index < -0.39 is 12.1 Å². The van der Waals surface area contributed by atoms with Crippen molar-refractivity contribution >= 4 is 11.8 Å². The third kappa shape index (κ3) is 5.97. The van der Waals surface area contributed by atoms with Crippen LogP contribution in [0.2, 0.25) is 0 Å². The average Bonchev–Trinajstić information content (AvgIpc) is 2.90. The monoisotopic (exact) mass is 365 g/mol. The molecule has 0 spiro atoms. The summed E-state index contributed by atoms with van der Waals surface area (Å²) in [5, 5.41) is 7.12. The first-order valence-corrected chi connectivity index (χ1v) is 7.12. The predicted molar refractivity (Wildman–Crippen MR) is 80.5 cm³/mol. The van der Waals surface area contributed by atoms with Gasteiger partial charge in [-0.05, 0) is 13.3 Å². The molecule has 0 saturated carbocycles. The molecule has 0 amide bonds. The Morgan fingerprint density at radius 2 is 1.96 bits per heavy atom. The number of nitrogens with two attached hydrogens (primary N) is 1. The normalized spacial score (nSPS) is 12.2. The summed E-state index contributed by atoms with van der Waals surface area (Å²) in [6.45, 7) is 4.08. The summed E-state index contributed by atoms with van der Waals surface area (Å²) in [6, 6.07) is 0.597. The number of aromatic nitrogens is 4. The van der Waals surface area contributed by atoms with Gasteiger partial charge in [0, 0.05) is 0 Å². The summed E-state index contributed by atoms with van der Waals surface area (Å²) in [5.74, 6) is -1.97. The number of carboxylic acids is 1. The van der Waals surface area contributed by atoms with Crippen molar-refractivity contribution in [3.63, 3.8) is 0 Å². The van der Waals surface area contributed by atoms with E-state index in [2.05, 4.69) is 26.9 Å². The van der Waals surface area contributed by atoms with E-state index in [9.17, 15) is 13.2 Å². The zero-order valence-corrected chi connectivity index (χ0v) is 13.7. The quantitative estimate of drug-likeness (QED) is 0.733. The number of carboxylic acid groups (broad SMARTS) is 1. The molecule has 0 aromatic carbocycles. The molecule has 0 radical (unpaired) electrons. The molecular formula is C13H18F3N5O4. The van der Waals surface area contributed by atoms with E-state index in [-0.39, 0.29) is 12.1 Å². The Morgan fingerprint density at radius 3 is 2.44 bits per heavy atom. The van der Waals surface area contributed by atoms with E-state index in [1.165, 1.54) is 7.11 Å². The molecule has 0 saturated heterocycles. The van der Waals surface area contributed by atoms with E-state index in [0.29, 0.717) is 23.3 Å². The number of nitrogens with one attached hydrogen (secondary N) is 1. The van der Waals surface area contributed by atoms with Gasteiger partial charge < -0.3 is 20.3 Å². The molecule has 2 aliphatic heterocycles. The number of hydrogen-bond acceptors (Lipinski definition) is 7. The fourth-order valence-electron chi connectivity index (χ4n) is 1.67. The minimum atomic E-state index is -5.08. The van der Waals surface area contributed by atoms with Gasteiger partial charge >= 0.3 is 18.2 Å². The van der Waals surface area contributed by atoms with Crippen molar-refractivity contribution in [2.45, 2.75) is 39.0 Å². The van der Waals surface area contributed by atoms with Crippen LogP contribution in [0.3, 0.4) is 0 Å². The van der Waals surface area contributed by atoms with Crippen molar-refractivity contribution in [3.8, 4) is 23.5 Å². The van der Waals surface area contributed by atoms with Gasteiger partial charge in [0.2, 0.25) is 0 Å². The van der Waals surface area contributed by atoms with Gasteiger partial charge in [0.25, 0.3) is 6.01 Å². The fourth-order valence-corrected chi connectivity index (χ4v) is 1.67. The lowest BCUT2D eigenvalue weighted by molar-refractivity contribution is -0.192. The van der Waals surface area contributed by atoms with Crippen LogP contribution in [0.5, 0.6) is 12.0 Å². The summed E-state index contributed by atoms with van der Waals surface area (Å²) in [7, 11) is 1.49. The molecule has 25 heavy (non-hydrogen) atoms. The van der Waals surface area contributed by atoms with Crippen molar-refractivity contribution in [2.24, 2.45) is 0 Å². The number of H-pyrrole nitrogens is 1. The van der Waals surface area contributed by atoms with Crippen LogP contribution in [0.25, 0.3) is 11.5 Å². The van der Waals surface area contributed by atoms with Gasteiger partial charge in [-0.1, -0.05) is 13.3 Å². The molecule has 1 unspecified atom stereocenters. The molecule has 2 heterocycles. The Balaban J connectivity index is 0.000000381. The number of fused-ring (bicyclic) bond motifs is 1. The van der Waals surface area contributed by atoms with Gasteiger partial charge in [-0.15, -0.1) is 0 Å². The second-order valence-electron chi connectivity index (χ2n) is 4.86. The van der Waals surface area contributed by atoms with Gasteiger partial charge in [0.15, 0.2) is 11.5 Å².